The molecule has 0 spiro atoms. The van der Waals surface area contributed by atoms with Crippen LogP contribution in [-0.2, 0) is 0 Å². The van der Waals surface area contributed by atoms with Crippen LogP contribution in [0, 0.1) is 0 Å². The topological polar surface area (TPSA) is 3.24 Å². The van der Waals surface area contributed by atoms with Crippen LogP contribution in [0.1, 0.15) is 40.0 Å². The quantitative estimate of drug-likeness (QED) is 0.442. The third kappa shape index (κ3) is 5.84. The SMILES string of the molecule is CCN(CCCCCCl)C(C)C. The molecule has 0 saturated heterocycles. The molecule has 0 aliphatic rings. The fraction of sp³-hybridized carbons (Fsp3) is 1.00. The Balaban J connectivity index is 3.32. The van der Waals surface area contributed by atoms with Crippen molar-refractivity contribution >= 4 is 11.6 Å². The summed E-state index contributed by atoms with van der Waals surface area (Å²) in [6, 6.07) is 0.686. The molecule has 0 aromatic rings. The zero-order valence-electron chi connectivity index (χ0n) is 8.65. The average molecular weight is 192 g/mol. The third-order valence-electron chi connectivity index (χ3n) is 2.22. The summed E-state index contributed by atoms with van der Waals surface area (Å²) in [6.07, 6.45) is 3.72. The molecule has 0 heterocycles. The fourth-order valence-electron chi connectivity index (χ4n) is 1.37. The van der Waals surface area contributed by atoms with Crippen LogP contribution in [0.3, 0.4) is 0 Å². The second-order valence-corrected chi connectivity index (χ2v) is 3.85. The van der Waals surface area contributed by atoms with Gasteiger partial charge >= 0.3 is 0 Å². The van der Waals surface area contributed by atoms with Crippen molar-refractivity contribution in [2.24, 2.45) is 0 Å². The van der Waals surface area contributed by atoms with Crippen LogP contribution in [0.5, 0.6) is 0 Å². The van der Waals surface area contributed by atoms with Gasteiger partial charge in [-0.3, -0.25) is 0 Å². The molecule has 0 saturated carbocycles. The number of unbranched alkanes of at least 4 members (excludes halogenated alkanes) is 2. The highest BCUT2D eigenvalue weighted by Crippen LogP contribution is 2.03. The normalized spacial score (nSPS) is 11.5. The lowest BCUT2D eigenvalue weighted by Crippen LogP contribution is -2.31. The molecule has 0 aromatic heterocycles. The molecule has 0 aromatic carbocycles. The lowest BCUT2D eigenvalue weighted by Gasteiger charge is -2.24. The van der Waals surface area contributed by atoms with E-state index >= 15 is 0 Å². The maximum atomic E-state index is 5.60. The zero-order chi connectivity index (χ0) is 9.40. The predicted molar refractivity (Wildman–Crippen MR) is 57.0 cm³/mol. The summed E-state index contributed by atoms with van der Waals surface area (Å²) in [5, 5.41) is 0. The van der Waals surface area contributed by atoms with Crippen molar-refractivity contribution in [2.45, 2.75) is 46.1 Å². The van der Waals surface area contributed by atoms with E-state index in [4.69, 9.17) is 11.6 Å². The van der Waals surface area contributed by atoms with Crippen molar-refractivity contribution in [3.8, 4) is 0 Å². The minimum absolute atomic E-state index is 0.686. The van der Waals surface area contributed by atoms with Crippen molar-refractivity contribution in [1.82, 2.24) is 4.90 Å². The highest BCUT2D eigenvalue weighted by molar-refractivity contribution is 6.17. The number of alkyl halides is 1. The second kappa shape index (κ2) is 7.88. The number of rotatable bonds is 7. The molecule has 0 radical (unpaired) electrons. The molecule has 74 valence electrons. The average Bonchev–Trinajstić information content (AvgIpc) is 2.04. The van der Waals surface area contributed by atoms with Gasteiger partial charge in [-0.25, -0.2) is 0 Å². The second-order valence-electron chi connectivity index (χ2n) is 3.47. The molecule has 0 amide bonds. The Kier molecular flexibility index (Phi) is 8.04. The van der Waals surface area contributed by atoms with Crippen LogP contribution in [0.4, 0.5) is 0 Å². The van der Waals surface area contributed by atoms with Gasteiger partial charge in [0.1, 0.15) is 0 Å². The van der Waals surface area contributed by atoms with Gasteiger partial charge in [0.05, 0.1) is 0 Å². The number of hydrogen-bond acceptors (Lipinski definition) is 1. The van der Waals surface area contributed by atoms with Gasteiger partial charge in [-0.2, -0.15) is 0 Å². The molecular weight excluding hydrogens is 170 g/mol. The maximum Gasteiger partial charge on any atom is 0.0223 e. The van der Waals surface area contributed by atoms with Crippen LogP contribution in [0.2, 0.25) is 0 Å². The molecule has 12 heavy (non-hydrogen) atoms. The van der Waals surface area contributed by atoms with Crippen LogP contribution >= 0.6 is 11.6 Å². The van der Waals surface area contributed by atoms with Crippen LogP contribution in [0.25, 0.3) is 0 Å². The largest absolute Gasteiger partial charge is 0.301 e. The Morgan fingerprint density at radius 3 is 2.25 bits per heavy atom. The molecule has 0 aliphatic carbocycles. The number of nitrogens with zero attached hydrogens (tertiary/aromatic N) is 1. The maximum absolute atomic E-state index is 5.60. The van der Waals surface area contributed by atoms with Gasteiger partial charge in [0.25, 0.3) is 0 Å². The molecule has 0 atom stereocenters. The molecule has 2 heteroatoms. The first-order chi connectivity index (χ1) is 5.72. The zero-order valence-corrected chi connectivity index (χ0v) is 9.40. The summed E-state index contributed by atoms with van der Waals surface area (Å²) in [6.45, 7) is 9.13. The van der Waals surface area contributed by atoms with E-state index in [2.05, 4.69) is 25.7 Å². The van der Waals surface area contributed by atoms with E-state index in [9.17, 15) is 0 Å². The molecule has 0 unspecified atom stereocenters. The first-order valence-electron chi connectivity index (χ1n) is 5.02. The molecule has 0 N–H and O–H groups in total. The molecule has 0 bridgehead atoms. The van der Waals surface area contributed by atoms with Crippen LogP contribution in [0.15, 0.2) is 0 Å². The van der Waals surface area contributed by atoms with Gasteiger partial charge < -0.3 is 4.90 Å². The van der Waals surface area contributed by atoms with Gasteiger partial charge in [-0.1, -0.05) is 13.3 Å². The van der Waals surface area contributed by atoms with E-state index in [0.717, 1.165) is 12.3 Å². The standard InChI is InChI=1S/C10H22ClN/c1-4-12(10(2)3)9-7-5-6-8-11/h10H,4-9H2,1-3H3. The highest BCUT2D eigenvalue weighted by atomic mass is 35.5. The lowest BCUT2D eigenvalue weighted by atomic mass is 10.2. The van der Waals surface area contributed by atoms with Gasteiger partial charge in [0, 0.05) is 11.9 Å². The Bertz CT molecular complexity index is 93.8. The first-order valence-corrected chi connectivity index (χ1v) is 5.55. The Morgan fingerprint density at radius 2 is 1.83 bits per heavy atom. The minimum Gasteiger partial charge on any atom is -0.301 e. The van der Waals surface area contributed by atoms with E-state index in [1.807, 2.05) is 0 Å². The van der Waals surface area contributed by atoms with Crippen molar-refractivity contribution in [3.05, 3.63) is 0 Å². The summed E-state index contributed by atoms with van der Waals surface area (Å²) in [5.41, 5.74) is 0. The molecule has 0 rings (SSSR count). The van der Waals surface area contributed by atoms with Crippen molar-refractivity contribution in [1.29, 1.82) is 0 Å². The minimum atomic E-state index is 0.686. The van der Waals surface area contributed by atoms with E-state index < -0.39 is 0 Å². The summed E-state index contributed by atoms with van der Waals surface area (Å²) < 4.78 is 0. The van der Waals surface area contributed by atoms with E-state index in [1.165, 1.54) is 25.9 Å². The Morgan fingerprint density at radius 1 is 1.17 bits per heavy atom. The molecule has 0 fully saturated rings. The predicted octanol–water partition coefficient (Wildman–Crippen LogP) is 3.13. The van der Waals surface area contributed by atoms with Crippen molar-refractivity contribution in [3.63, 3.8) is 0 Å². The number of halogens is 1. The highest BCUT2D eigenvalue weighted by Gasteiger charge is 2.04. The van der Waals surface area contributed by atoms with Crippen molar-refractivity contribution in [2.75, 3.05) is 19.0 Å². The van der Waals surface area contributed by atoms with Crippen LogP contribution < -0.4 is 0 Å². The van der Waals surface area contributed by atoms with Gasteiger partial charge in [-0.15, -0.1) is 11.6 Å². The summed E-state index contributed by atoms with van der Waals surface area (Å²) in [5.74, 6) is 0.813. The summed E-state index contributed by atoms with van der Waals surface area (Å²) in [4.78, 5) is 2.49. The molecule has 0 aliphatic heterocycles. The lowest BCUT2D eigenvalue weighted by molar-refractivity contribution is 0.229. The smallest absolute Gasteiger partial charge is 0.0223 e. The van der Waals surface area contributed by atoms with E-state index in [0.29, 0.717) is 6.04 Å². The number of hydrogen-bond donors (Lipinski definition) is 0. The van der Waals surface area contributed by atoms with Gasteiger partial charge in [0.15, 0.2) is 0 Å². The summed E-state index contributed by atoms with van der Waals surface area (Å²) >= 11 is 5.60. The van der Waals surface area contributed by atoms with Gasteiger partial charge in [-0.05, 0) is 39.8 Å². The summed E-state index contributed by atoms with van der Waals surface area (Å²) in [7, 11) is 0. The van der Waals surface area contributed by atoms with E-state index in [1.54, 1.807) is 0 Å². The molecule has 1 nitrogen and oxygen atoms in total. The first kappa shape index (κ1) is 12.2. The Hall–Kier alpha value is 0.250. The van der Waals surface area contributed by atoms with Crippen LogP contribution in [-0.4, -0.2) is 29.9 Å². The van der Waals surface area contributed by atoms with E-state index in [-0.39, 0.29) is 0 Å². The third-order valence-corrected chi connectivity index (χ3v) is 2.48. The van der Waals surface area contributed by atoms with Crippen molar-refractivity contribution < 1.29 is 0 Å². The Labute approximate surface area is 82.1 Å². The molecular formula is C10H22ClN. The fourth-order valence-corrected chi connectivity index (χ4v) is 1.56. The monoisotopic (exact) mass is 191 g/mol. The van der Waals surface area contributed by atoms with Gasteiger partial charge in [0.2, 0.25) is 0 Å².